The van der Waals surface area contributed by atoms with Crippen molar-refractivity contribution in [1.82, 2.24) is 4.31 Å². The average Bonchev–Trinajstić information content (AvgIpc) is 2.96. The smallest absolute Gasteiger partial charge is 0.310 e. The molecule has 8 heteroatoms. The third-order valence-corrected chi connectivity index (χ3v) is 6.20. The van der Waals surface area contributed by atoms with Crippen molar-refractivity contribution in [3.05, 3.63) is 0 Å². The molecule has 0 aromatic rings. The lowest BCUT2D eigenvalue weighted by Gasteiger charge is -2.27. The molecule has 1 aliphatic carbocycles. The second-order valence-corrected chi connectivity index (χ2v) is 7.18. The van der Waals surface area contributed by atoms with Crippen LogP contribution in [0.25, 0.3) is 0 Å². The third kappa shape index (κ3) is 4.64. The van der Waals surface area contributed by atoms with Gasteiger partial charge in [-0.05, 0) is 12.8 Å². The highest BCUT2D eigenvalue weighted by Crippen LogP contribution is 2.33. The Bertz CT molecular complexity index is 416. The van der Waals surface area contributed by atoms with Gasteiger partial charge in [0.15, 0.2) is 0 Å². The van der Waals surface area contributed by atoms with Gasteiger partial charge in [-0.1, -0.05) is 6.42 Å². The van der Waals surface area contributed by atoms with Gasteiger partial charge in [-0.3, -0.25) is 4.79 Å². The van der Waals surface area contributed by atoms with E-state index in [1.807, 2.05) is 0 Å². The summed E-state index contributed by atoms with van der Waals surface area (Å²) < 4.78 is 41.6. The fraction of sp³-hybridized carbons (Fsp3) is 0.923. The highest BCUT2D eigenvalue weighted by atomic mass is 32.2. The average molecular weight is 323 g/mol. The van der Waals surface area contributed by atoms with Gasteiger partial charge in [-0.25, -0.2) is 8.42 Å². The number of sulfonamides is 1. The zero-order chi connectivity index (χ0) is 15.9. The van der Waals surface area contributed by atoms with Crippen molar-refractivity contribution in [3.8, 4) is 0 Å². The minimum absolute atomic E-state index is 0.257. The molecule has 0 bridgehead atoms. The maximum absolute atomic E-state index is 12.8. The Labute approximate surface area is 126 Å². The molecule has 0 aromatic heterocycles. The minimum Gasteiger partial charge on any atom is -0.469 e. The molecular formula is C13H25NO6S. The minimum atomic E-state index is -3.58. The second-order valence-electron chi connectivity index (χ2n) is 5.03. The highest BCUT2D eigenvalue weighted by Gasteiger charge is 2.44. The van der Waals surface area contributed by atoms with E-state index in [4.69, 9.17) is 14.2 Å². The van der Waals surface area contributed by atoms with Gasteiger partial charge in [0.05, 0.1) is 31.5 Å². The predicted octanol–water partition coefficient (Wildman–Crippen LogP) is 0.253. The number of ether oxygens (including phenoxy) is 3. The van der Waals surface area contributed by atoms with Crippen molar-refractivity contribution in [2.75, 3.05) is 47.6 Å². The molecule has 1 fully saturated rings. The SMILES string of the molecule is COCCN(CCOC)S(=O)(=O)C1CCCC1C(=O)OC. The van der Waals surface area contributed by atoms with Crippen molar-refractivity contribution >= 4 is 16.0 Å². The van der Waals surface area contributed by atoms with Crippen LogP contribution >= 0.6 is 0 Å². The number of carbonyl (C=O) groups is 1. The first-order valence-electron chi connectivity index (χ1n) is 7.03. The zero-order valence-corrected chi connectivity index (χ0v) is 13.7. The second kappa shape index (κ2) is 8.67. The monoisotopic (exact) mass is 323 g/mol. The first-order chi connectivity index (χ1) is 9.98. The number of rotatable bonds is 9. The molecule has 2 atom stereocenters. The number of nitrogens with zero attached hydrogens (tertiary/aromatic N) is 1. The van der Waals surface area contributed by atoms with Gasteiger partial charge < -0.3 is 14.2 Å². The van der Waals surface area contributed by atoms with Crippen LogP contribution in [0.4, 0.5) is 0 Å². The number of hydrogen-bond donors (Lipinski definition) is 0. The van der Waals surface area contributed by atoms with Crippen LogP contribution in [0.15, 0.2) is 0 Å². The molecule has 0 saturated heterocycles. The molecule has 0 radical (unpaired) electrons. The van der Waals surface area contributed by atoms with Crippen LogP contribution in [0.5, 0.6) is 0 Å². The summed E-state index contributed by atoms with van der Waals surface area (Å²) in [4.78, 5) is 11.8. The van der Waals surface area contributed by atoms with Crippen LogP contribution in [0.1, 0.15) is 19.3 Å². The van der Waals surface area contributed by atoms with Gasteiger partial charge >= 0.3 is 5.97 Å². The van der Waals surface area contributed by atoms with Crippen molar-refractivity contribution in [3.63, 3.8) is 0 Å². The number of hydrogen-bond acceptors (Lipinski definition) is 6. The Morgan fingerprint density at radius 2 is 1.67 bits per heavy atom. The van der Waals surface area contributed by atoms with E-state index in [0.717, 1.165) is 0 Å². The fourth-order valence-corrected chi connectivity index (χ4v) is 4.82. The highest BCUT2D eigenvalue weighted by molar-refractivity contribution is 7.89. The Kier molecular flexibility index (Phi) is 7.58. The summed E-state index contributed by atoms with van der Waals surface area (Å²) in [6, 6.07) is 0. The lowest BCUT2D eigenvalue weighted by molar-refractivity contribution is -0.145. The molecule has 1 aliphatic rings. The summed E-state index contributed by atoms with van der Waals surface area (Å²) in [6.45, 7) is 1.12. The fourth-order valence-electron chi connectivity index (χ4n) is 2.65. The van der Waals surface area contributed by atoms with Gasteiger partial charge in [0.1, 0.15) is 0 Å². The van der Waals surface area contributed by atoms with E-state index >= 15 is 0 Å². The summed E-state index contributed by atoms with van der Waals surface area (Å²) >= 11 is 0. The molecule has 21 heavy (non-hydrogen) atoms. The van der Waals surface area contributed by atoms with Crippen LogP contribution in [0.2, 0.25) is 0 Å². The number of methoxy groups -OCH3 is 3. The van der Waals surface area contributed by atoms with Crippen LogP contribution in [0, 0.1) is 5.92 Å². The van der Waals surface area contributed by atoms with E-state index in [9.17, 15) is 13.2 Å². The summed E-state index contributed by atoms with van der Waals surface area (Å²) in [5.41, 5.74) is 0. The first kappa shape index (κ1) is 18.3. The normalized spacial score (nSPS) is 22.7. The van der Waals surface area contributed by atoms with Crippen LogP contribution < -0.4 is 0 Å². The van der Waals surface area contributed by atoms with E-state index in [1.165, 1.54) is 25.6 Å². The Morgan fingerprint density at radius 3 is 2.14 bits per heavy atom. The largest absolute Gasteiger partial charge is 0.469 e. The molecule has 1 saturated carbocycles. The van der Waals surface area contributed by atoms with E-state index < -0.39 is 27.2 Å². The molecular weight excluding hydrogens is 298 g/mol. The quantitative estimate of drug-likeness (QED) is 0.566. The van der Waals surface area contributed by atoms with Crippen molar-refractivity contribution in [2.24, 2.45) is 5.92 Å². The molecule has 0 amide bonds. The summed E-state index contributed by atoms with van der Waals surface area (Å²) in [7, 11) is 0.756. The van der Waals surface area contributed by atoms with Crippen LogP contribution in [0.3, 0.4) is 0 Å². The predicted molar refractivity (Wildman–Crippen MR) is 77.4 cm³/mol. The maximum atomic E-state index is 12.8. The molecule has 0 N–H and O–H groups in total. The molecule has 2 unspecified atom stereocenters. The van der Waals surface area contributed by atoms with Gasteiger partial charge in [0.2, 0.25) is 10.0 Å². The maximum Gasteiger partial charge on any atom is 0.310 e. The van der Waals surface area contributed by atoms with Gasteiger partial charge in [0, 0.05) is 27.3 Å². The van der Waals surface area contributed by atoms with E-state index in [0.29, 0.717) is 32.5 Å². The number of carbonyl (C=O) groups excluding carboxylic acids is 1. The molecule has 1 rings (SSSR count). The molecule has 0 heterocycles. The van der Waals surface area contributed by atoms with E-state index in [2.05, 4.69) is 0 Å². The van der Waals surface area contributed by atoms with Crippen molar-refractivity contribution in [1.29, 1.82) is 0 Å². The molecule has 0 aromatic carbocycles. The van der Waals surface area contributed by atoms with Gasteiger partial charge in [-0.15, -0.1) is 0 Å². The summed E-state index contributed by atoms with van der Waals surface area (Å²) in [6.07, 6.45) is 1.75. The first-order valence-corrected chi connectivity index (χ1v) is 8.54. The Morgan fingerprint density at radius 1 is 1.10 bits per heavy atom. The number of esters is 1. The Hall–Kier alpha value is -0.700. The standard InChI is InChI=1S/C13H25NO6S/c1-18-9-7-14(8-10-19-2)21(16,17)12-6-4-5-11(12)13(15)20-3/h11-12H,4-10H2,1-3H3. The van der Waals surface area contributed by atoms with Crippen LogP contribution in [-0.2, 0) is 29.0 Å². The molecule has 124 valence electrons. The molecule has 7 nitrogen and oxygen atoms in total. The summed E-state index contributed by atoms with van der Waals surface area (Å²) in [5, 5.41) is -0.710. The summed E-state index contributed by atoms with van der Waals surface area (Å²) in [5.74, 6) is -1.02. The van der Waals surface area contributed by atoms with E-state index in [1.54, 1.807) is 0 Å². The Balaban J connectivity index is 2.89. The zero-order valence-electron chi connectivity index (χ0n) is 12.9. The molecule has 0 aliphatic heterocycles. The van der Waals surface area contributed by atoms with Crippen LogP contribution in [-0.4, -0.2) is 71.6 Å². The van der Waals surface area contributed by atoms with Gasteiger partial charge in [0.25, 0.3) is 0 Å². The third-order valence-electron chi connectivity index (χ3n) is 3.79. The lowest BCUT2D eigenvalue weighted by atomic mass is 10.1. The lowest BCUT2D eigenvalue weighted by Crippen LogP contribution is -2.45. The van der Waals surface area contributed by atoms with E-state index in [-0.39, 0.29) is 13.1 Å². The topological polar surface area (TPSA) is 82.1 Å². The van der Waals surface area contributed by atoms with Gasteiger partial charge in [-0.2, -0.15) is 4.31 Å². The van der Waals surface area contributed by atoms with Crippen molar-refractivity contribution in [2.45, 2.75) is 24.5 Å². The van der Waals surface area contributed by atoms with Crippen molar-refractivity contribution < 1.29 is 27.4 Å². The molecule has 0 spiro atoms.